The Hall–Kier alpha value is -2.85. The average Bonchev–Trinajstić information content (AvgIpc) is 2.77. The van der Waals surface area contributed by atoms with E-state index in [1.165, 1.54) is 61.5 Å². The van der Waals surface area contributed by atoms with Gasteiger partial charge in [-0.1, -0.05) is 30.7 Å². The summed E-state index contributed by atoms with van der Waals surface area (Å²) >= 11 is 6.06. The number of carbonyl (C=O) groups is 2. The number of ether oxygens (including phenoxy) is 1. The standard InChI is InChI=1S/C22H27ClFN3O5S/c1-5-18(22(29)25-2)26(13-15-6-9-17(24)10-7-15)21(28)14-27(33(4,30)31)19-12-16(23)8-11-20(19)32-3/h6-12,18H,5,13-14H2,1-4H3,(H,25,29). The second-order valence-corrected chi connectivity index (χ2v) is 9.62. The third-order valence-corrected chi connectivity index (χ3v) is 6.35. The molecule has 2 aromatic carbocycles. The molecule has 0 spiro atoms. The second-order valence-electron chi connectivity index (χ2n) is 7.27. The van der Waals surface area contributed by atoms with Crippen LogP contribution in [0.5, 0.6) is 5.75 Å². The number of hydrogen-bond donors (Lipinski definition) is 1. The maximum atomic E-state index is 13.4. The molecule has 11 heteroatoms. The summed E-state index contributed by atoms with van der Waals surface area (Å²) in [5.41, 5.74) is 0.675. The molecule has 2 aromatic rings. The first kappa shape index (κ1) is 26.4. The lowest BCUT2D eigenvalue weighted by Gasteiger charge is -2.32. The maximum absolute atomic E-state index is 13.4. The van der Waals surface area contributed by atoms with Crippen LogP contribution >= 0.6 is 11.6 Å². The fourth-order valence-corrected chi connectivity index (χ4v) is 4.34. The number of benzene rings is 2. The van der Waals surface area contributed by atoms with Crippen molar-refractivity contribution < 1.29 is 27.1 Å². The van der Waals surface area contributed by atoms with Crippen LogP contribution in [-0.4, -0.2) is 58.1 Å². The summed E-state index contributed by atoms with van der Waals surface area (Å²) < 4.78 is 44.7. The Kier molecular flexibility index (Phi) is 9.07. The number of carbonyl (C=O) groups excluding carboxylic acids is 2. The largest absolute Gasteiger partial charge is 0.495 e. The predicted octanol–water partition coefficient (Wildman–Crippen LogP) is 2.81. The van der Waals surface area contributed by atoms with E-state index in [2.05, 4.69) is 5.32 Å². The Balaban J connectivity index is 2.49. The topological polar surface area (TPSA) is 96.0 Å². The van der Waals surface area contributed by atoms with Gasteiger partial charge in [-0.2, -0.15) is 0 Å². The predicted molar refractivity (Wildman–Crippen MR) is 125 cm³/mol. The van der Waals surface area contributed by atoms with Gasteiger partial charge in [0, 0.05) is 18.6 Å². The molecule has 8 nitrogen and oxygen atoms in total. The van der Waals surface area contributed by atoms with Crippen molar-refractivity contribution in [1.29, 1.82) is 0 Å². The summed E-state index contributed by atoms with van der Waals surface area (Å²) in [5, 5.41) is 2.78. The molecule has 0 saturated carbocycles. The first-order valence-corrected chi connectivity index (χ1v) is 12.3. The lowest BCUT2D eigenvalue weighted by molar-refractivity contribution is -0.140. The van der Waals surface area contributed by atoms with Crippen molar-refractivity contribution >= 4 is 39.1 Å². The zero-order chi connectivity index (χ0) is 24.8. The zero-order valence-corrected chi connectivity index (χ0v) is 20.4. The van der Waals surface area contributed by atoms with Gasteiger partial charge in [-0.25, -0.2) is 12.8 Å². The summed E-state index contributed by atoms with van der Waals surface area (Å²) in [6.07, 6.45) is 1.24. The monoisotopic (exact) mass is 499 g/mol. The van der Waals surface area contributed by atoms with E-state index >= 15 is 0 Å². The summed E-state index contributed by atoms with van der Waals surface area (Å²) in [6.45, 7) is 1.12. The Morgan fingerprint density at radius 1 is 1.18 bits per heavy atom. The number of anilines is 1. The first-order chi connectivity index (χ1) is 15.5. The van der Waals surface area contributed by atoms with Gasteiger partial charge in [0.05, 0.1) is 19.1 Å². The molecule has 0 saturated heterocycles. The van der Waals surface area contributed by atoms with Crippen LogP contribution in [0.15, 0.2) is 42.5 Å². The number of nitrogens with zero attached hydrogens (tertiary/aromatic N) is 2. The molecule has 1 atom stereocenters. The van der Waals surface area contributed by atoms with E-state index in [-0.39, 0.29) is 29.4 Å². The summed E-state index contributed by atoms with van der Waals surface area (Å²) in [4.78, 5) is 27.2. The van der Waals surface area contributed by atoms with Crippen LogP contribution in [0, 0.1) is 5.82 Å². The third-order valence-electron chi connectivity index (χ3n) is 4.99. The van der Waals surface area contributed by atoms with Crippen molar-refractivity contribution in [3.05, 3.63) is 58.9 Å². The molecule has 180 valence electrons. The smallest absolute Gasteiger partial charge is 0.244 e. The number of likely N-dealkylation sites (N-methyl/N-ethyl adjacent to an activating group) is 1. The van der Waals surface area contributed by atoms with Crippen LogP contribution in [0.4, 0.5) is 10.1 Å². The van der Waals surface area contributed by atoms with Crippen LogP contribution in [-0.2, 0) is 26.2 Å². The van der Waals surface area contributed by atoms with Crippen molar-refractivity contribution in [3.63, 3.8) is 0 Å². The Bertz CT molecular complexity index is 1100. The molecule has 0 heterocycles. The van der Waals surface area contributed by atoms with Gasteiger partial charge in [-0.15, -0.1) is 0 Å². The number of methoxy groups -OCH3 is 1. The highest BCUT2D eigenvalue weighted by Crippen LogP contribution is 2.33. The highest BCUT2D eigenvalue weighted by Gasteiger charge is 2.32. The first-order valence-electron chi connectivity index (χ1n) is 10.1. The third kappa shape index (κ3) is 6.82. The van der Waals surface area contributed by atoms with Crippen LogP contribution in [0.1, 0.15) is 18.9 Å². The van der Waals surface area contributed by atoms with Crippen molar-refractivity contribution in [3.8, 4) is 5.75 Å². The average molecular weight is 500 g/mol. The summed E-state index contributed by atoms with van der Waals surface area (Å²) in [6, 6.07) is 9.05. The minimum Gasteiger partial charge on any atom is -0.495 e. The number of rotatable bonds is 10. The quantitative estimate of drug-likeness (QED) is 0.542. The van der Waals surface area contributed by atoms with Gasteiger partial charge in [0.15, 0.2) is 0 Å². The highest BCUT2D eigenvalue weighted by molar-refractivity contribution is 7.92. The number of amides is 2. The van der Waals surface area contributed by atoms with Gasteiger partial charge in [-0.3, -0.25) is 13.9 Å². The molecule has 33 heavy (non-hydrogen) atoms. The minimum atomic E-state index is -3.94. The van der Waals surface area contributed by atoms with E-state index in [0.717, 1.165) is 10.6 Å². The van der Waals surface area contributed by atoms with Crippen LogP contribution in [0.25, 0.3) is 0 Å². The van der Waals surface area contributed by atoms with Crippen LogP contribution < -0.4 is 14.4 Å². The minimum absolute atomic E-state index is 0.0185. The molecular formula is C22H27ClFN3O5S. The molecular weight excluding hydrogens is 473 g/mol. The lowest BCUT2D eigenvalue weighted by atomic mass is 10.1. The van der Waals surface area contributed by atoms with E-state index in [9.17, 15) is 22.4 Å². The fourth-order valence-electron chi connectivity index (χ4n) is 3.33. The van der Waals surface area contributed by atoms with Gasteiger partial charge in [0.1, 0.15) is 24.2 Å². The van der Waals surface area contributed by atoms with E-state index in [1.807, 2.05) is 0 Å². The van der Waals surface area contributed by atoms with Gasteiger partial charge < -0.3 is 15.0 Å². The fraction of sp³-hybridized carbons (Fsp3) is 0.364. The van der Waals surface area contributed by atoms with E-state index in [1.54, 1.807) is 6.92 Å². The molecule has 0 aliphatic rings. The van der Waals surface area contributed by atoms with Crippen molar-refractivity contribution in [2.24, 2.45) is 0 Å². The second kappa shape index (κ2) is 11.3. The molecule has 0 aliphatic carbocycles. The molecule has 0 aromatic heterocycles. The molecule has 0 aliphatic heterocycles. The number of hydrogen-bond acceptors (Lipinski definition) is 5. The van der Waals surface area contributed by atoms with Crippen molar-refractivity contribution in [2.75, 3.05) is 31.3 Å². The molecule has 1 N–H and O–H groups in total. The van der Waals surface area contributed by atoms with Crippen LogP contribution in [0.2, 0.25) is 5.02 Å². The molecule has 0 bridgehead atoms. The SMILES string of the molecule is CCC(C(=O)NC)N(Cc1ccc(F)cc1)C(=O)CN(c1cc(Cl)ccc1OC)S(C)(=O)=O. The lowest BCUT2D eigenvalue weighted by Crippen LogP contribution is -2.51. The molecule has 2 rings (SSSR count). The van der Waals surface area contributed by atoms with E-state index in [0.29, 0.717) is 5.56 Å². The molecule has 0 radical (unpaired) electrons. The maximum Gasteiger partial charge on any atom is 0.244 e. The Labute approximate surface area is 198 Å². The highest BCUT2D eigenvalue weighted by atomic mass is 35.5. The number of halogens is 2. The molecule has 1 unspecified atom stereocenters. The Morgan fingerprint density at radius 3 is 2.33 bits per heavy atom. The normalized spacial score (nSPS) is 12.1. The molecule has 0 fully saturated rings. The zero-order valence-electron chi connectivity index (χ0n) is 18.8. The summed E-state index contributed by atoms with van der Waals surface area (Å²) in [5.74, 6) is -1.26. The number of nitrogens with one attached hydrogen (secondary N) is 1. The van der Waals surface area contributed by atoms with Crippen molar-refractivity contribution in [1.82, 2.24) is 10.2 Å². The van der Waals surface area contributed by atoms with E-state index in [4.69, 9.17) is 16.3 Å². The van der Waals surface area contributed by atoms with Gasteiger partial charge in [0.2, 0.25) is 21.8 Å². The summed E-state index contributed by atoms with van der Waals surface area (Å²) in [7, 11) is -1.12. The van der Waals surface area contributed by atoms with Gasteiger partial charge in [0.25, 0.3) is 0 Å². The molecule has 2 amide bonds. The van der Waals surface area contributed by atoms with Gasteiger partial charge >= 0.3 is 0 Å². The Morgan fingerprint density at radius 2 is 1.82 bits per heavy atom. The van der Waals surface area contributed by atoms with E-state index < -0.39 is 40.2 Å². The van der Waals surface area contributed by atoms with Crippen LogP contribution in [0.3, 0.4) is 0 Å². The van der Waals surface area contributed by atoms with Gasteiger partial charge in [-0.05, 0) is 42.3 Å². The van der Waals surface area contributed by atoms with Crippen molar-refractivity contribution in [2.45, 2.75) is 25.9 Å². The number of sulfonamides is 1.